The number of nitrogens with zero attached hydrogens (tertiary/aromatic N) is 3. The number of aryl methyl sites for hydroxylation is 2. The molecule has 0 saturated heterocycles. The third kappa shape index (κ3) is 4.48. The van der Waals surface area contributed by atoms with E-state index in [1.165, 1.54) is 4.88 Å². The van der Waals surface area contributed by atoms with Crippen molar-refractivity contribution >= 4 is 34.2 Å². The molecule has 0 aromatic carbocycles. The fraction of sp³-hybridized carbons (Fsp3) is 0.429. The van der Waals surface area contributed by atoms with Crippen molar-refractivity contribution in [3.8, 4) is 11.3 Å². The lowest BCUT2D eigenvalue weighted by Crippen LogP contribution is -2.42. The van der Waals surface area contributed by atoms with E-state index in [9.17, 15) is 9.59 Å². The molecule has 0 aliphatic heterocycles. The summed E-state index contributed by atoms with van der Waals surface area (Å²) < 4.78 is 1.81. The van der Waals surface area contributed by atoms with Crippen LogP contribution < -0.4 is 10.9 Å². The van der Waals surface area contributed by atoms with E-state index >= 15 is 0 Å². The van der Waals surface area contributed by atoms with Gasteiger partial charge in [-0.1, -0.05) is 13.8 Å². The van der Waals surface area contributed by atoms with Gasteiger partial charge in [0.1, 0.15) is 0 Å². The van der Waals surface area contributed by atoms with Crippen LogP contribution in [0.4, 0.5) is 0 Å². The van der Waals surface area contributed by atoms with Gasteiger partial charge in [0, 0.05) is 27.8 Å². The van der Waals surface area contributed by atoms with Crippen LogP contribution >= 0.6 is 11.3 Å². The van der Waals surface area contributed by atoms with Crippen LogP contribution in [0.15, 0.2) is 18.3 Å². The molecule has 2 amide bonds. The summed E-state index contributed by atoms with van der Waals surface area (Å²) in [5.74, 6) is -0.398. The summed E-state index contributed by atoms with van der Waals surface area (Å²) in [7, 11) is 0. The van der Waals surface area contributed by atoms with Gasteiger partial charge in [-0.3, -0.25) is 20.4 Å². The molecule has 29 heavy (non-hydrogen) atoms. The third-order valence-corrected chi connectivity index (χ3v) is 5.49. The number of amides is 2. The van der Waals surface area contributed by atoms with E-state index in [1.54, 1.807) is 23.6 Å². The van der Waals surface area contributed by atoms with E-state index in [-0.39, 0.29) is 23.8 Å². The van der Waals surface area contributed by atoms with Crippen molar-refractivity contribution in [2.45, 2.75) is 54.0 Å². The van der Waals surface area contributed by atoms with Crippen molar-refractivity contribution in [3.63, 3.8) is 0 Å². The number of thiophene rings is 1. The zero-order chi connectivity index (χ0) is 21.3. The first kappa shape index (κ1) is 21.0. The van der Waals surface area contributed by atoms with Gasteiger partial charge in [0.15, 0.2) is 5.65 Å². The van der Waals surface area contributed by atoms with Gasteiger partial charge in [-0.15, -0.1) is 11.3 Å². The maximum absolute atomic E-state index is 12.9. The predicted molar refractivity (Wildman–Crippen MR) is 116 cm³/mol. The Morgan fingerprint density at radius 2 is 1.86 bits per heavy atom. The van der Waals surface area contributed by atoms with Crippen LogP contribution in [0.2, 0.25) is 0 Å². The summed E-state index contributed by atoms with van der Waals surface area (Å²) in [6.45, 7) is 12.0. The topological polar surface area (TPSA) is 88.9 Å². The number of pyridine rings is 1. The van der Waals surface area contributed by atoms with Gasteiger partial charge in [-0.2, -0.15) is 5.10 Å². The Morgan fingerprint density at radius 3 is 2.45 bits per heavy atom. The predicted octanol–water partition coefficient (Wildman–Crippen LogP) is 4.16. The van der Waals surface area contributed by atoms with E-state index in [1.807, 2.05) is 39.3 Å². The molecule has 8 heteroatoms. The van der Waals surface area contributed by atoms with Crippen LogP contribution in [0, 0.1) is 19.8 Å². The van der Waals surface area contributed by atoms with Gasteiger partial charge >= 0.3 is 0 Å². The Kier molecular flexibility index (Phi) is 6.02. The molecule has 154 valence electrons. The Bertz CT molecular complexity index is 1060. The smallest absolute Gasteiger partial charge is 0.270 e. The molecular weight excluding hydrogens is 386 g/mol. The maximum Gasteiger partial charge on any atom is 0.270 e. The number of carbonyl (C=O) groups excluding carboxylic acids is 2. The second-order valence-corrected chi connectivity index (χ2v) is 9.36. The van der Waals surface area contributed by atoms with E-state index in [2.05, 4.69) is 28.9 Å². The summed E-state index contributed by atoms with van der Waals surface area (Å²) in [6, 6.07) is 3.95. The van der Waals surface area contributed by atoms with E-state index in [0.29, 0.717) is 23.0 Å². The minimum Gasteiger partial charge on any atom is -0.273 e. The van der Waals surface area contributed by atoms with Gasteiger partial charge in [0.2, 0.25) is 5.91 Å². The highest BCUT2D eigenvalue weighted by Gasteiger charge is 2.20. The van der Waals surface area contributed by atoms with Crippen molar-refractivity contribution < 1.29 is 9.59 Å². The minimum absolute atomic E-state index is 0.0993. The molecule has 0 fully saturated rings. The standard InChI is InChI=1S/C21H27N5O2S/c1-11(2)7-19(27)24-25-21(28)16-9-18(15-8-13(5)29-14(15)6)23-20-17(16)10-22-26(20)12(3)4/h8-12H,7H2,1-6H3,(H,24,27)(H,25,28). The minimum atomic E-state index is -0.385. The zero-order valence-electron chi connectivity index (χ0n) is 17.7. The lowest BCUT2D eigenvalue weighted by molar-refractivity contribution is -0.122. The molecule has 0 unspecified atom stereocenters. The van der Waals surface area contributed by atoms with Crippen LogP contribution in [0.25, 0.3) is 22.3 Å². The first-order valence-electron chi connectivity index (χ1n) is 9.72. The molecule has 7 nitrogen and oxygen atoms in total. The van der Waals surface area contributed by atoms with Crippen LogP contribution in [-0.4, -0.2) is 26.6 Å². The average molecular weight is 414 g/mol. The number of hydrogen-bond donors (Lipinski definition) is 2. The normalized spacial score (nSPS) is 11.4. The van der Waals surface area contributed by atoms with Crippen LogP contribution in [-0.2, 0) is 4.79 Å². The summed E-state index contributed by atoms with van der Waals surface area (Å²) >= 11 is 1.70. The van der Waals surface area contributed by atoms with Crippen molar-refractivity contribution in [3.05, 3.63) is 33.6 Å². The SMILES string of the molecule is Cc1cc(-c2cc(C(=O)NNC(=O)CC(C)C)c3cnn(C(C)C)c3n2)c(C)s1. The van der Waals surface area contributed by atoms with Crippen LogP contribution in [0.5, 0.6) is 0 Å². The lowest BCUT2D eigenvalue weighted by Gasteiger charge is -2.12. The highest BCUT2D eigenvalue weighted by molar-refractivity contribution is 7.12. The number of fused-ring (bicyclic) bond motifs is 1. The summed E-state index contributed by atoms with van der Waals surface area (Å²) in [4.78, 5) is 32.0. The fourth-order valence-electron chi connectivity index (χ4n) is 3.22. The van der Waals surface area contributed by atoms with E-state index in [4.69, 9.17) is 4.98 Å². The number of aromatic nitrogens is 3. The van der Waals surface area contributed by atoms with Gasteiger partial charge in [-0.25, -0.2) is 9.67 Å². The number of nitrogens with one attached hydrogen (secondary N) is 2. The Hall–Kier alpha value is -2.74. The quantitative estimate of drug-likeness (QED) is 0.615. The highest BCUT2D eigenvalue weighted by atomic mass is 32.1. The Morgan fingerprint density at radius 1 is 1.14 bits per heavy atom. The second-order valence-electron chi connectivity index (χ2n) is 7.90. The average Bonchev–Trinajstić information content (AvgIpc) is 3.20. The number of hydrazine groups is 1. The third-order valence-electron chi connectivity index (χ3n) is 4.53. The molecule has 0 saturated carbocycles. The van der Waals surface area contributed by atoms with Crippen molar-refractivity contribution in [2.24, 2.45) is 5.92 Å². The number of rotatable bonds is 5. The van der Waals surface area contributed by atoms with Gasteiger partial charge in [0.25, 0.3) is 5.91 Å². The Balaban J connectivity index is 2.04. The van der Waals surface area contributed by atoms with Crippen molar-refractivity contribution in [1.82, 2.24) is 25.6 Å². The fourth-order valence-corrected chi connectivity index (χ4v) is 4.16. The number of hydrogen-bond acceptors (Lipinski definition) is 5. The molecule has 3 heterocycles. The zero-order valence-corrected chi connectivity index (χ0v) is 18.5. The molecule has 0 bridgehead atoms. The van der Waals surface area contributed by atoms with Crippen molar-refractivity contribution in [1.29, 1.82) is 0 Å². The van der Waals surface area contributed by atoms with Crippen LogP contribution in [0.1, 0.15) is 60.3 Å². The first-order valence-corrected chi connectivity index (χ1v) is 10.5. The highest BCUT2D eigenvalue weighted by Crippen LogP contribution is 2.32. The molecule has 0 spiro atoms. The molecule has 0 atom stereocenters. The molecular formula is C21H27N5O2S. The second kappa shape index (κ2) is 8.32. The molecule has 3 aromatic heterocycles. The summed E-state index contributed by atoms with van der Waals surface area (Å²) in [5.41, 5.74) is 7.84. The van der Waals surface area contributed by atoms with E-state index < -0.39 is 0 Å². The molecule has 2 N–H and O–H groups in total. The lowest BCUT2D eigenvalue weighted by atomic mass is 10.1. The van der Waals surface area contributed by atoms with Gasteiger partial charge < -0.3 is 0 Å². The Labute approximate surface area is 174 Å². The first-order chi connectivity index (χ1) is 13.7. The molecule has 0 aliphatic carbocycles. The molecule has 3 rings (SSSR count). The van der Waals surface area contributed by atoms with E-state index in [0.717, 1.165) is 16.1 Å². The van der Waals surface area contributed by atoms with Crippen LogP contribution in [0.3, 0.4) is 0 Å². The van der Waals surface area contributed by atoms with Gasteiger partial charge in [0.05, 0.1) is 22.8 Å². The number of carbonyl (C=O) groups is 2. The monoisotopic (exact) mass is 413 g/mol. The molecule has 3 aromatic rings. The van der Waals surface area contributed by atoms with Crippen molar-refractivity contribution in [2.75, 3.05) is 0 Å². The van der Waals surface area contributed by atoms with Gasteiger partial charge in [-0.05, 0) is 45.7 Å². The molecule has 0 aliphatic rings. The summed E-state index contributed by atoms with van der Waals surface area (Å²) in [5, 5.41) is 5.08. The largest absolute Gasteiger partial charge is 0.273 e. The summed E-state index contributed by atoms with van der Waals surface area (Å²) in [6.07, 6.45) is 2.00. The maximum atomic E-state index is 12.9. The molecule has 0 radical (unpaired) electrons.